The molecule has 3 aromatic rings. The van der Waals surface area contributed by atoms with E-state index in [2.05, 4.69) is 69.4 Å². The van der Waals surface area contributed by atoms with Crippen LogP contribution in [0.4, 0.5) is 5.13 Å². The molecule has 5 heteroatoms. The molecule has 2 aromatic carbocycles. The SMILES string of the molecule is CC(C)=NNc1nc(Cc2ccc(Sc3ccccc3)cc2)cs1. The van der Waals surface area contributed by atoms with Crippen LogP contribution < -0.4 is 5.43 Å². The second-order valence-electron chi connectivity index (χ2n) is 5.55. The molecular weight excluding hydrogens is 334 g/mol. The predicted molar refractivity (Wildman–Crippen MR) is 104 cm³/mol. The van der Waals surface area contributed by atoms with Gasteiger partial charge < -0.3 is 0 Å². The highest BCUT2D eigenvalue weighted by atomic mass is 32.2. The zero-order valence-corrected chi connectivity index (χ0v) is 15.3. The maximum atomic E-state index is 4.56. The van der Waals surface area contributed by atoms with Crippen molar-refractivity contribution in [2.75, 3.05) is 5.43 Å². The summed E-state index contributed by atoms with van der Waals surface area (Å²) in [6, 6.07) is 19.1. The summed E-state index contributed by atoms with van der Waals surface area (Å²) in [5.74, 6) is 0. The quantitative estimate of drug-likeness (QED) is 0.457. The van der Waals surface area contributed by atoms with Gasteiger partial charge in [0, 0.05) is 27.3 Å². The summed E-state index contributed by atoms with van der Waals surface area (Å²) in [5.41, 5.74) is 6.29. The molecule has 24 heavy (non-hydrogen) atoms. The molecule has 0 atom stereocenters. The van der Waals surface area contributed by atoms with Crippen LogP contribution in [-0.2, 0) is 6.42 Å². The number of nitrogens with zero attached hydrogens (tertiary/aromatic N) is 2. The molecular formula is C19H19N3S2. The molecule has 0 aliphatic carbocycles. The van der Waals surface area contributed by atoms with Crippen LogP contribution in [0.2, 0.25) is 0 Å². The Labute approximate surface area is 150 Å². The Kier molecular flexibility index (Phi) is 5.67. The van der Waals surface area contributed by atoms with Crippen molar-refractivity contribution in [3.05, 3.63) is 71.2 Å². The smallest absolute Gasteiger partial charge is 0.203 e. The van der Waals surface area contributed by atoms with Gasteiger partial charge in [-0.1, -0.05) is 42.1 Å². The Bertz CT molecular complexity index is 804. The number of anilines is 1. The average molecular weight is 354 g/mol. The van der Waals surface area contributed by atoms with Crippen LogP contribution in [0.1, 0.15) is 25.1 Å². The molecule has 0 amide bonds. The molecule has 1 heterocycles. The van der Waals surface area contributed by atoms with Gasteiger partial charge in [0.15, 0.2) is 0 Å². The van der Waals surface area contributed by atoms with Crippen molar-refractivity contribution in [3.63, 3.8) is 0 Å². The minimum atomic E-state index is 0.836. The molecule has 0 spiro atoms. The van der Waals surface area contributed by atoms with Crippen LogP contribution in [0.15, 0.2) is 74.9 Å². The van der Waals surface area contributed by atoms with Gasteiger partial charge in [-0.05, 0) is 43.7 Å². The largest absolute Gasteiger partial charge is 0.253 e. The van der Waals surface area contributed by atoms with E-state index in [0.717, 1.165) is 23.0 Å². The minimum absolute atomic E-state index is 0.836. The fraction of sp³-hybridized carbons (Fsp3) is 0.158. The van der Waals surface area contributed by atoms with Gasteiger partial charge in [-0.2, -0.15) is 5.10 Å². The number of thiazole rings is 1. The molecule has 0 radical (unpaired) electrons. The highest BCUT2D eigenvalue weighted by molar-refractivity contribution is 7.99. The fourth-order valence-corrected chi connectivity index (χ4v) is 3.60. The zero-order valence-electron chi connectivity index (χ0n) is 13.7. The fourth-order valence-electron chi connectivity index (χ4n) is 2.11. The first-order valence-electron chi connectivity index (χ1n) is 7.72. The van der Waals surface area contributed by atoms with Crippen LogP contribution in [0.25, 0.3) is 0 Å². The van der Waals surface area contributed by atoms with E-state index in [1.54, 1.807) is 23.1 Å². The molecule has 0 saturated heterocycles. The lowest BCUT2D eigenvalue weighted by molar-refractivity contribution is 1.09. The Hall–Kier alpha value is -2.11. The Morgan fingerprint density at radius 1 is 1.04 bits per heavy atom. The third-order valence-electron chi connectivity index (χ3n) is 3.21. The summed E-state index contributed by atoms with van der Waals surface area (Å²) in [6.07, 6.45) is 0.837. The zero-order chi connectivity index (χ0) is 16.8. The standard InChI is InChI=1S/C19H19N3S2/c1-14(2)21-22-19-20-16(13-23-19)12-15-8-10-18(11-9-15)24-17-6-4-3-5-7-17/h3-11,13H,12H2,1-2H3,(H,20,22). The summed E-state index contributed by atoms with van der Waals surface area (Å²) in [5, 5.41) is 7.09. The molecule has 0 saturated carbocycles. The first kappa shape index (κ1) is 16.7. The summed E-state index contributed by atoms with van der Waals surface area (Å²) in [4.78, 5) is 7.07. The van der Waals surface area contributed by atoms with Gasteiger partial charge in [0.1, 0.15) is 0 Å². The van der Waals surface area contributed by atoms with E-state index in [4.69, 9.17) is 0 Å². The van der Waals surface area contributed by atoms with Gasteiger partial charge in [0.2, 0.25) is 5.13 Å². The van der Waals surface area contributed by atoms with E-state index in [-0.39, 0.29) is 0 Å². The van der Waals surface area contributed by atoms with Gasteiger partial charge in [-0.15, -0.1) is 11.3 Å². The van der Waals surface area contributed by atoms with Crippen molar-refractivity contribution >= 4 is 33.9 Å². The van der Waals surface area contributed by atoms with Gasteiger partial charge in [0.25, 0.3) is 0 Å². The maximum absolute atomic E-state index is 4.56. The second kappa shape index (κ2) is 8.13. The van der Waals surface area contributed by atoms with Crippen LogP contribution in [0.3, 0.4) is 0 Å². The lowest BCUT2D eigenvalue weighted by Crippen LogP contribution is -1.93. The molecule has 1 aromatic heterocycles. The monoisotopic (exact) mass is 353 g/mol. The molecule has 0 bridgehead atoms. The van der Waals surface area contributed by atoms with Gasteiger partial charge >= 0.3 is 0 Å². The van der Waals surface area contributed by atoms with E-state index in [9.17, 15) is 0 Å². The Morgan fingerprint density at radius 2 is 1.75 bits per heavy atom. The van der Waals surface area contributed by atoms with E-state index >= 15 is 0 Å². The van der Waals surface area contributed by atoms with Crippen molar-refractivity contribution in [1.29, 1.82) is 0 Å². The topological polar surface area (TPSA) is 37.3 Å². The molecule has 3 rings (SSSR count). The Morgan fingerprint density at radius 3 is 2.46 bits per heavy atom. The Balaban J connectivity index is 1.61. The molecule has 3 nitrogen and oxygen atoms in total. The summed E-state index contributed by atoms with van der Waals surface area (Å²) in [7, 11) is 0. The van der Waals surface area contributed by atoms with E-state index in [0.29, 0.717) is 0 Å². The van der Waals surface area contributed by atoms with E-state index in [1.807, 2.05) is 19.9 Å². The summed E-state index contributed by atoms with van der Waals surface area (Å²) >= 11 is 3.36. The van der Waals surface area contributed by atoms with Gasteiger partial charge in [-0.25, -0.2) is 4.98 Å². The molecule has 0 unspecified atom stereocenters. The number of aromatic nitrogens is 1. The average Bonchev–Trinajstić information content (AvgIpc) is 3.03. The molecule has 0 fully saturated rings. The number of hydrogen-bond acceptors (Lipinski definition) is 5. The maximum Gasteiger partial charge on any atom is 0.203 e. The number of hydrazone groups is 1. The van der Waals surface area contributed by atoms with Crippen molar-refractivity contribution < 1.29 is 0 Å². The molecule has 122 valence electrons. The number of hydrogen-bond donors (Lipinski definition) is 1. The normalized spacial score (nSPS) is 10.4. The van der Waals surface area contributed by atoms with Crippen molar-refractivity contribution in [2.24, 2.45) is 5.10 Å². The highest BCUT2D eigenvalue weighted by Gasteiger charge is 2.03. The molecule has 1 N–H and O–H groups in total. The number of rotatable bonds is 6. The van der Waals surface area contributed by atoms with Crippen LogP contribution in [0, 0.1) is 0 Å². The summed E-state index contributed by atoms with van der Waals surface area (Å²) in [6.45, 7) is 3.91. The number of benzene rings is 2. The van der Waals surface area contributed by atoms with Gasteiger partial charge in [-0.3, -0.25) is 5.43 Å². The minimum Gasteiger partial charge on any atom is -0.253 e. The van der Waals surface area contributed by atoms with E-state index in [1.165, 1.54) is 15.4 Å². The first-order valence-corrected chi connectivity index (χ1v) is 9.42. The van der Waals surface area contributed by atoms with Crippen molar-refractivity contribution in [1.82, 2.24) is 4.98 Å². The van der Waals surface area contributed by atoms with Crippen LogP contribution in [-0.4, -0.2) is 10.7 Å². The third kappa shape index (κ3) is 4.94. The molecule has 0 aliphatic heterocycles. The highest BCUT2D eigenvalue weighted by Crippen LogP contribution is 2.28. The lowest BCUT2D eigenvalue weighted by atomic mass is 10.1. The van der Waals surface area contributed by atoms with Gasteiger partial charge in [0.05, 0.1) is 5.69 Å². The van der Waals surface area contributed by atoms with Crippen LogP contribution >= 0.6 is 23.1 Å². The van der Waals surface area contributed by atoms with Crippen molar-refractivity contribution in [3.8, 4) is 0 Å². The first-order chi connectivity index (χ1) is 11.7. The summed E-state index contributed by atoms with van der Waals surface area (Å²) < 4.78 is 0. The third-order valence-corrected chi connectivity index (χ3v) is 5.03. The van der Waals surface area contributed by atoms with Crippen molar-refractivity contribution in [2.45, 2.75) is 30.1 Å². The lowest BCUT2D eigenvalue weighted by Gasteiger charge is -2.03. The predicted octanol–water partition coefficient (Wildman–Crippen LogP) is 5.69. The second-order valence-corrected chi connectivity index (χ2v) is 7.56. The molecule has 0 aliphatic rings. The van der Waals surface area contributed by atoms with E-state index < -0.39 is 0 Å². The van der Waals surface area contributed by atoms with Crippen LogP contribution in [0.5, 0.6) is 0 Å². The number of nitrogens with one attached hydrogen (secondary N) is 1.